The SMILES string of the molecule is CCCCCc1cnc(C(C)(C)C)c2ocnc12. The molecule has 0 bridgehead atoms. The lowest BCUT2D eigenvalue weighted by atomic mass is 9.90. The van der Waals surface area contributed by atoms with Crippen LogP contribution in [0.5, 0.6) is 0 Å². The topological polar surface area (TPSA) is 38.9 Å². The molecule has 18 heavy (non-hydrogen) atoms. The van der Waals surface area contributed by atoms with Crippen LogP contribution >= 0.6 is 0 Å². The van der Waals surface area contributed by atoms with Gasteiger partial charge in [-0.05, 0) is 12.8 Å². The molecule has 3 nitrogen and oxygen atoms in total. The minimum Gasteiger partial charge on any atom is -0.442 e. The highest BCUT2D eigenvalue weighted by Crippen LogP contribution is 2.29. The summed E-state index contributed by atoms with van der Waals surface area (Å²) in [4.78, 5) is 8.96. The number of aromatic nitrogens is 2. The van der Waals surface area contributed by atoms with Gasteiger partial charge in [0.2, 0.25) is 0 Å². The van der Waals surface area contributed by atoms with Gasteiger partial charge in [-0.15, -0.1) is 0 Å². The van der Waals surface area contributed by atoms with E-state index in [1.54, 1.807) is 0 Å². The van der Waals surface area contributed by atoms with Crippen molar-refractivity contribution in [1.29, 1.82) is 0 Å². The van der Waals surface area contributed by atoms with Crippen LogP contribution in [-0.4, -0.2) is 9.97 Å². The van der Waals surface area contributed by atoms with Crippen LogP contribution in [0.3, 0.4) is 0 Å². The smallest absolute Gasteiger partial charge is 0.182 e. The number of hydrogen-bond acceptors (Lipinski definition) is 3. The molecule has 2 aromatic rings. The minimum absolute atomic E-state index is 0.0142. The van der Waals surface area contributed by atoms with Gasteiger partial charge < -0.3 is 4.42 Å². The number of hydrogen-bond donors (Lipinski definition) is 0. The average Bonchev–Trinajstić information content (AvgIpc) is 2.76. The number of aryl methyl sites for hydroxylation is 1. The molecule has 0 aromatic carbocycles. The zero-order valence-electron chi connectivity index (χ0n) is 11.8. The maximum atomic E-state index is 5.55. The lowest BCUT2D eigenvalue weighted by Crippen LogP contribution is -2.14. The average molecular weight is 246 g/mol. The van der Waals surface area contributed by atoms with Crippen molar-refractivity contribution in [2.75, 3.05) is 0 Å². The van der Waals surface area contributed by atoms with E-state index in [0.717, 1.165) is 23.2 Å². The third kappa shape index (κ3) is 2.55. The van der Waals surface area contributed by atoms with Crippen LogP contribution in [0.4, 0.5) is 0 Å². The molecule has 0 spiro atoms. The maximum Gasteiger partial charge on any atom is 0.182 e. The molecule has 0 aliphatic heterocycles. The third-order valence-electron chi connectivity index (χ3n) is 3.20. The first kappa shape index (κ1) is 13.1. The normalized spacial score (nSPS) is 12.2. The molecule has 0 radical (unpaired) electrons. The second kappa shape index (κ2) is 5.09. The van der Waals surface area contributed by atoms with Gasteiger partial charge in [-0.25, -0.2) is 4.98 Å². The van der Waals surface area contributed by atoms with Gasteiger partial charge >= 0.3 is 0 Å². The first-order valence-corrected chi connectivity index (χ1v) is 6.75. The molecule has 2 heterocycles. The van der Waals surface area contributed by atoms with E-state index in [1.165, 1.54) is 31.2 Å². The highest BCUT2D eigenvalue weighted by Gasteiger charge is 2.22. The molecule has 0 atom stereocenters. The molecular weight excluding hydrogens is 224 g/mol. The van der Waals surface area contributed by atoms with Crippen molar-refractivity contribution in [3.63, 3.8) is 0 Å². The molecule has 0 unspecified atom stereocenters. The number of rotatable bonds is 4. The Kier molecular flexibility index (Phi) is 3.69. The van der Waals surface area contributed by atoms with Crippen molar-refractivity contribution in [1.82, 2.24) is 9.97 Å². The summed E-state index contributed by atoms with van der Waals surface area (Å²) >= 11 is 0. The summed E-state index contributed by atoms with van der Waals surface area (Å²) in [6.45, 7) is 8.66. The lowest BCUT2D eigenvalue weighted by Gasteiger charge is -2.18. The quantitative estimate of drug-likeness (QED) is 0.757. The zero-order chi connectivity index (χ0) is 13.2. The van der Waals surface area contributed by atoms with Gasteiger partial charge in [0.05, 0.1) is 5.69 Å². The Hall–Kier alpha value is -1.38. The Labute approximate surface area is 109 Å². The van der Waals surface area contributed by atoms with Gasteiger partial charge in [-0.2, -0.15) is 0 Å². The van der Waals surface area contributed by atoms with E-state index in [0.29, 0.717) is 0 Å². The largest absolute Gasteiger partial charge is 0.442 e. The van der Waals surface area contributed by atoms with Gasteiger partial charge in [0.25, 0.3) is 0 Å². The van der Waals surface area contributed by atoms with Gasteiger partial charge in [-0.3, -0.25) is 4.98 Å². The summed E-state index contributed by atoms with van der Waals surface area (Å²) in [5.41, 5.74) is 4.04. The van der Waals surface area contributed by atoms with Crippen LogP contribution in [0.25, 0.3) is 11.1 Å². The van der Waals surface area contributed by atoms with Crippen molar-refractivity contribution >= 4 is 11.1 Å². The predicted octanol–water partition coefficient (Wildman–Crippen LogP) is 4.25. The first-order valence-electron chi connectivity index (χ1n) is 6.75. The second-order valence-corrected chi connectivity index (χ2v) is 5.87. The summed E-state index contributed by atoms with van der Waals surface area (Å²) in [7, 11) is 0. The summed E-state index contributed by atoms with van der Waals surface area (Å²) in [6.07, 6.45) is 8.21. The first-order chi connectivity index (χ1) is 8.54. The molecule has 0 fully saturated rings. The standard InChI is InChI=1S/C15H22N2O/c1-5-6-7-8-11-9-16-14(15(2,3)4)13-12(11)17-10-18-13/h9-10H,5-8H2,1-4H3. The van der Waals surface area contributed by atoms with Crippen LogP contribution in [-0.2, 0) is 11.8 Å². The van der Waals surface area contributed by atoms with Crippen molar-refractivity contribution in [3.8, 4) is 0 Å². The van der Waals surface area contributed by atoms with E-state index in [4.69, 9.17) is 4.42 Å². The minimum atomic E-state index is -0.0142. The van der Waals surface area contributed by atoms with Crippen LogP contribution in [0.1, 0.15) is 58.2 Å². The van der Waals surface area contributed by atoms with E-state index >= 15 is 0 Å². The monoisotopic (exact) mass is 246 g/mol. The van der Waals surface area contributed by atoms with Crippen LogP contribution in [0.15, 0.2) is 17.0 Å². The lowest BCUT2D eigenvalue weighted by molar-refractivity contribution is 0.538. The van der Waals surface area contributed by atoms with Gasteiger partial charge in [-0.1, -0.05) is 40.5 Å². The fraction of sp³-hybridized carbons (Fsp3) is 0.600. The second-order valence-electron chi connectivity index (χ2n) is 5.87. The van der Waals surface area contributed by atoms with E-state index in [2.05, 4.69) is 37.7 Å². The number of oxazole rings is 1. The van der Waals surface area contributed by atoms with E-state index in [9.17, 15) is 0 Å². The zero-order valence-corrected chi connectivity index (χ0v) is 11.8. The van der Waals surface area contributed by atoms with E-state index in [1.807, 2.05) is 6.20 Å². The number of nitrogens with zero attached hydrogens (tertiary/aromatic N) is 2. The molecule has 0 amide bonds. The summed E-state index contributed by atoms with van der Waals surface area (Å²) in [5.74, 6) is 0. The number of fused-ring (bicyclic) bond motifs is 1. The van der Waals surface area contributed by atoms with Crippen molar-refractivity contribution in [2.45, 2.75) is 58.8 Å². The molecule has 3 heteroatoms. The van der Waals surface area contributed by atoms with Crippen LogP contribution in [0, 0.1) is 0 Å². The molecule has 0 aliphatic rings. The van der Waals surface area contributed by atoms with Crippen molar-refractivity contribution in [2.24, 2.45) is 0 Å². The molecule has 0 N–H and O–H groups in total. The predicted molar refractivity (Wildman–Crippen MR) is 73.7 cm³/mol. The van der Waals surface area contributed by atoms with Crippen LogP contribution in [0.2, 0.25) is 0 Å². The van der Waals surface area contributed by atoms with Crippen molar-refractivity contribution in [3.05, 3.63) is 23.8 Å². The highest BCUT2D eigenvalue weighted by molar-refractivity contribution is 5.78. The molecule has 2 aromatic heterocycles. The highest BCUT2D eigenvalue weighted by atomic mass is 16.3. The Morgan fingerprint density at radius 3 is 2.61 bits per heavy atom. The Morgan fingerprint density at radius 2 is 1.94 bits per heavy atom. The summed E-state index contributed by atoms with van der Waals surface area (Å²) in [6, 6.07) is 0. The number of unbranched alkanes of at least 4 members (excludes halogenated alkanes) is 2. The van der Waals surface area contributed by atoms with Crippen molar-refractivity contribution < 1.29 is 4.42 Å². The van der Waals surface area contributed by atoms with E-state index in [-0.39, 0.29) is 5.41 Å². The number of pyridine rings is 1. The van der Waals surface area contributed by atoms with Crippen LogP contribution < -0.4 is 0 Å². The molecule has 0 saturated heterocycles. The molecule has 98 valence electrons. The Bertz CT molecular complexity index is 523. The van der Waals surface area contributed by atoms with E-state index < -0.39 is 0 Å². The van der Waals surface area contributed by atoms with Gasteiger partial charge in [0, 0.05) is 17.2 Å². The fourth-order valence-electron chi connectivity index (χ4n) is 2.19. The van der Waals surface area contributed by atoms with Gasteiger partial charge in [0.1, 0.15) is 5.52 Å². The Balaban J connectivity index is 2.38. The maximum absolute atomic E-state index is 5.55. The fourth-order valence-corrected chi connectivity index (χ4v) is 2.19. The molecule has 0 aliphatic carbocycles. The third-order valence-corrected chi connectivity index (χ3v) is 3.20. The Morgan fingerprint density at radius 1 is 1.17 bits per heavy atom. The summed E-state index contributed by atoms with van der Waals surface area (Å²) < 4.78 is 5.55. The summed E-state index contributed by atoms with van der Waals surface area (Å²) in [5, 5.41) is 0. The van der Waals surface area contributed by atoms with Gasteiger partial charge in [0.15, 0.2) is 12.0 Å². The molecule has 0 saturated carbocycles. The molecule has 2 rings (SSSR count). The molecular formula is C15H22N2O.